The van der Waals surface area contributed by atoms with Crippen LogP contribution >= 0.6 is 0 Å². The molecule has 0 spiro atoms. The molecule has 222 valence electrons. The van der Waals surface area contributed by atoms with Gasteiger partial charge in [0.15, 0.2) is 29.6 Å². The molecular formula is C31H25N5O8. The number of hydrogen-bond acceptors (Lipinski definition) is 11. The molecule has 1 aliphatic heterocycles. The summed E-state index contributed by atoms with van der Waals surface area (Å²) < 4.78 is 25.0. The van der Waals surface area contributed by atoms with Gasteiger partial charge in [0.05, 0.1) is 23.0 Å². The van der Waals surface area contributed by atoms with Gasteiger partial charge in [-0.25, -0.2) is 19.4 Å². The van der Waals surface area contributed by atoms with Crippen LogP contribution in [0.4, 0.5) is 5.95 Å². The largest absolute Gasteiger partial charge is 0.459 e. The summed E-state index contributed by atoms with van der Waals surface area (Å²) in [7, 11) is 0. The summed E-state index contributed by atoms with van der Waals surface area (Å²) in [6.07, 6.45) is -3.66. The van der Waals surface area contributed by atoms with Crippen molar-refractivity contribution >= 4 is 35.0 Å². The van der Waals surface area contributed by atoms with Gasteiger partial charge in [-0.1, -0.05) is 54.6 Å². The first-order chi connectivity index (χ1) is 21.4. The molecular weight excluding hydrogens is 570 g/mol. The Labute approximate surface area is 249 Å². The lowest BCUT2D eigenvalue weighted by molar-refractivity contribution is -0.0606. The van der Waals surface area contributed by atoms with Crippen LogP contribution in [0.2, 0.25) is 0 Å². The molecule has 1 aliphatic rings. The van der Waals surface area contributed by atoms with Crippen LogP contribution in [-0.2, 0) is 18.9 Å². The van der Waals surface area contributed by atoms with Crippen molar-refractivity contribution in [2.24, 2.45) is 0 Å². The number of nitrogens with one attached hydrogen (secondary N) is 1. The number of anilines is 1. The highest BCUT2D eigenvalue weighted by atomic mass is 16.7. The quantitative estimate of drug-likeness (QED) is 0.199. The van der Waals surface area contributed by atoms with Crippen LogP contribution in [-0.4, -0.2) is 62.3 Å². The van der Waals surface area contributed by atoms with Gasteiger partial charge in [-0.2, -0.15) is 4.98 Å². The van der Waals surface area contributed by atoms with Gasteiger partial charge in [-0.05, 0) is 36.4 Å². The number of H-pyrrole nitrogens is 1. The first kappa shape index (κ1) is 28.3. The highest BCUT2D eigenvalue weighted by Gasteiger charge is 2.52. The van der Waals surface area contributed by atoms with Crippen molar-refractivity contribution < 1.29 is 33.3 Å². The molecule has 2 aromatic heterocycles. The van der Waals surface area contributed by atoms with Gasteiger partial charge in [-0.15, -0.1) is 0 Å². The number of rotatable bonds is 8. The van der Waals surface area contributed by atoms with Crippen LogP contribution < -0.4 is 11.3 Å². The Balaban J connectivity index is 1.39. The number of aromatic nitrogens is 4. The third-order valence-electron chi connectivity index (χ3n) is 6.90. The molecule has 5 aromatic rings. The maximum absolute atomic E-state index is 13.3. The Morgan fingerprint density at radius 3 is 1.89 bits per heavy atom. The molecule has 3 heterocycles. The number of esters is 3. The van der Waals surface area contributed by atoms with Crippen LogP contribution in [0.3, 0.4) is 0 Å². The van der Waals surface area contributed by atoms with E-state index in [2.05, 4.69) is 15.0 Å². The molecule has 0 radical (unpaired) electrons. The fourth-order valence-electron chi connectivity index (χ4n) is 4.81. The fraction of sp³-hybridized carbons (Fsp3) is 0.161. The van der Waals surface area contributed by atoms with E-state index in [4.69, 9.17) is 24.7 Å². The predicted octanol–water partition coefficient (Wildman–Crippen LogP) is 2.91. The van der Waals surface area contributed by atoms with Crippen LogP contribution in [0.25, 0.3) is 11.2 Å². The third-order valence-corrected chi connectivity index (χ3v) is 6.90. The van der Waals surface area contributed by atoms with Gasteiger partial charge >= 0.3 is 17.9 Å². The number of carbonyl (C=O) groups is 3. The molecule has 4 atom stereocenters. The molecule has 0 amide bonds. The molecule has 0 bridgehead atoms. The molecule has 6 rings (SSSR count). The number of ether oxygens (including phenoxy) is 4. The number of nitrogen functional groups attached to an aromatic ring is 1. The van der Waals surface area contributed by atoms with Crippen molar-refractivity contribution in [2.45, 2.75) is 24.5 Å². The zero-order valence-corrected chi connectivity index (χ0v) is 22.9. The average molecular weight is 596 g/mol. The van der Waals surface area contributed by atoms with Crippen molar-refractivity contribution in [2.75, 3.05) is 12.3 Å². The monoisotopic (exact) mass is 595 g/mol. The van der Waals surface area contributed by atoms with Gasteiger partial charge in [0.2, 0.25) is 5.95 Å². The van der Waals surface area contributed by atoms with E-state index < -0.39 is 48.0 Å². The van der Waals surface area contributed by atoms with Crippen molar-refractivity contribution in [3.8, 4) is 0 Å². The second-order valence-corrected chi connectivity index (χ2v) is 9.78. The topological polar surface area (TPSA) is 178 Å². The van der Waals surface area contributed by atoms with Gasteiger partial charge in [0.25, 0.3) is 5.56 Å². The number of hydrogen-bond donors (Lipinski definition) is 2. The van der Waals surface area contributed by atoms with E-state index in [1.807, 2.05) is 0 Å². The van der Waals surface area contributed by atoms with Gasteiger partial charge in [-0.3, -0.25) is 14.3 Å². The fourth-order valence-corrected chi connectivity index (χ4v) is 4.81. The maximum atomic E-state index is 13.3. The summed E-state index contributed by atoms with van der Waals surface area (Å²) in [4.78, 5) is 62.6. The van der Waals surface area contributed by atoms with E-state index in [0.717, 1.165) is 0 Å². The summed E-state index contributed by atoms with van der Waals surface area (Å²) in [6, 6.07) is 24.7. The third kappa shape index (κ3) is 5.76. The van der Waals surface area contributed by atoms with Crippen molar-refractivity contribution in [1.82, 2.24) is 19.5 Å². The summed E-state index contributed by atoms with van der Waals surface area (Å²) in [6.45, 7) is -0.376. The predicted molar refractivity (Wildman–Crippen MR) is 154 cm³/mol. The average Bonchev–Trinajstić information content (AvgIpc) is 3.62. The Morgan fingerprint density at radius 2 is 1.32 bits per heavy atom. The van der Waals surface area contributed by atoms with E-state index in [1.165, 1.54) is 10.9 Å². The molecule has 0 aliphatic carbocycles. The van der Waals surface area contributed by atoms with Gasteiger partial charge < -0.3 is 24.7 Å². The Morgan fingerprint density at radius 1 is 0.795 bits per heavy atom. The van der Waals surface area contributed by atoms with Crippen molar-refractivity contribution in [3.05, 3.63) is 124 Å². The Hall–Kier alpha value is -5.82. The second kappa shape index (κ2) is 12.2. The zero-order chi connectivity index (χ0) is 30.6. The first-order valence-electron chi connectivity index (χ1n) is 13.5. The summed E-state index contributed by atoms with van der Waals surface area (Å²) >= 11 is 0. The van der Waals surface area contributed by atoms with E-state index in [0.29, 0.717) is 5.56 Å². The second-order valence-electron chi connectivity index (χ2n) is 9.78. The zero-order valence-electron chi connectivity index (χ0n) is 22.9. The molecule has 13 heteroatoms. The summed E-state index contributed by atoms with van der Waals surface area (Å²) in [5, 5.41) is 0. The van der Waals surface area contributed by atoms with Crippen LogP contribution in [0.5, 0.6) is 0 Å². The normalized spacial score (nSPS) is 19.4. The minimum atomic E-state index is -1.31. The van der Waals surface area contributed by atoms with E-state index in [9.17, 15) is 19.2 Å². The van der Waals surface area contributed by atoms with E-state index in [-0.39, 0.29) is 34.8 Å². The molecule has 13 nitrogen and oxygen atoms in total. The van der Waals surface area contributed by atoms with Crippen molar-refractivity contribution in [3.63, 3.8) is 0 Å². The maximum Gasteiger partial charge on any atom is 0.338 e. The lowest BCUT2D eigenvalue weighted by atomic mass is 10.1. The minimum absolute atomic E-state index is 0.0343. The summed E-state index contributed by atoms with van der Waals surface area (Å²) in [5.74, 6) is -2.28. The summed E-state index contributed by atoms with van der Waals surface area (Å²) in [5.41, 5.74) is 5.96. The lowest BCUT2D eigenvalue weighted by Gasteiger charge is -2.25. The molecule has 1 saturated heterocycles. The SMILES string of the molecule is Nc1nc2c(ncn2[C@H]2O[C@H](COC(=O)c3ccccc3)[C@@H](OC(=O)c3ccccc3)[C@@H]2OC(=O)c2ccccc2)c(=O)[nH]1. The van der Waals surface area contributed by atoms with E-state index in [1.54, 1.807) is 91.0 Å². The molecule has 0 unspecified atom stereocenters. The number of imidazole rings is 1. The first-order valence-corrected chi connectivity index (χ1v) is 13.5. The van der Waals surface area contributed by atoms with Crippen LogP contribution in [0, 0.1) is 0 Å². The van der Waals surface area contributed by atoms with Crippen LogP contribution in [0.1, 0.15) is 37.3 Å². The smallest absolute Gasteiger partial charge is 0.338 e. The molecule has 3 N–H and O–H groups in total. The van der Waals surface area contributed by atoms with Crippen molar-refractivity contribution in [1.29, 1.82) is 0 Å². The number of nitrogens with two attached hydrogens (primary N) is 1. The molecule has 44 heavy (non-hydrogen) atoms. The number of aromatic amines is 1. The van der Waals surface area contributed by atoms with Gasteiger partial charge in [0, 0.05) is 0 Å². The highest BCUT2D eigenvalue weighted by molar-refractivity contribution is 5.91. The number of carbonyl (C=O) groups excluding carboxylic acids is 3. The molecule has 0 saturated carbocycles. The number of nitrogens with zero attached hydrogens (tertiary/aromatic N) is 3. The number of fused-ring (bicyclic) bond motifs is 1. The highest BCUT2D eigenvalue weighted by Crippen LogP contribution is 2.36. The number of benzene rings is 3. The minimum Gasteiger partial charge on any atom is -0.459 e. The standard InChI is InChI=1S/C31H25N5O8/c32-31-34-25-22(26(37)35-31)33-17-36(25)27-24(44-30(40)20-14-8-3-9-15-20)23(43-29(39)19-12-6-2-7-13-19)21(42-27)16-41-28(38)18-10-4-1-5-11-18/h1-15,17,21,23-24,27H,16H2,(H3,32,34,35,37)/t21-,23-,24+,27+/m1/s1. The van der Waals surface area contributed by atoms with Crippen LogP contribution in [0.15, 0.2) is 102 Å². The Bertz CT molecular complexity index is 1860. The lowest BCUT2D eigenvalue weighted by Crippen LogP contribution is -2.41. The molecule has 1 fully saturated rings. The molecule has 3 aromatic carbocycles. The van der Waals surface area contributed by atoms with Gasteiger partial charge in [0.1, 0.15) is 12.7 Å². The van der Waals surface area contributed by atoms with E-state index >= 15 is 0 Å². The Kier molecular flexibility index (Phi) is 7.84.